The van der Waals surface area contributed by atoms with Crippen LogP contribution in [0.2, 0.25) is 0 Å². The third kappa shape index (κ3) is 8.10. The van der Waals surface area contributed by atoms with Gasteiger partial charge in [-0.3, -0.25) is 0 Å². The average molecular weight is 603 g/mol. The smallest absolute Gasteiger partial charge is 0.114 e. The highest BCUT2D eigenvalue weighted by Crippen LogP contribution is 2.31. The molecule has 0 aliphatic carbocycles. The van der Waals surface area contributed by atoms with Crippen LogP contribution < -0.4 is 0 Å². The molecule has 41 heavy (non-hydrogen) atoms. The van der Waals surface area contributed by atoms with Crippen molar-refractivity contribution in [3.05, 3.63) is 0 Å². The van der Waals surface area contributed by atoms with E-state index >= 15 is 0 Å². The first-order valence-electron chi connectivity index (χ1n) is 13.7. The fourth-order valence-electron chi connectivity index (χ4n) is 5.63. The number of hydrogen-bond donors (Lipinski definition) is 9. The molecule has 0 aromatic carbocycles. The van der Waals surface area contributed by atoms with Crippen LogP contribution in [0.4, 0.5) is 0 Å². The molecule has 16 heteroatoms. The monoisotopic (exact) mass is 602 g/mol. The van der Waals surface area contributed by atoms with Crippen molar-refractivity contribution >= 4 is 0 Å². The normalized spacial score (nSPS) is 45.6. The van der Waals surface area contributed by atoms with Crippen molar-refractivity contribution in [1.29, 1.82) is 0 Å². The summed E-state index contributed by atoms with van der Waals surface area (Å²) in [5.41, 5.74) is 0. The van der Waals surface area contributed by atoms with E-state index in [0.717, 1.165) is 0 Å². The number of methoxy groups -OCH3 is 2. The zero-order valence-corrected chi connectivity index (χ0v) is 23.2. The number of rotatable bonds is 14. The summed E-state index contributed by atoms with van der Waals surface area (Å²) in [7, 11) is 2.82. The Morgan fingerprint density at radius 1 is 0.463 bits per heavy atom. The molecule has 0 saturated carbocycles. The van der Waals surface area contributed by atoms with Gasteiger partial charge in [-0.2, -0.15) is 0 Å². The van der Waals surface area contributed by atoms with Gasteiger partial charge >= 0.3 is 0 Å². The van der Waals surface area contributed by atoms with Crippen molar-refractivity contribution in [3.8, 4) is 0 Å². The maximum Gasteiger partial charge on any atom is 0.114 e. The molecule has 3 aliphatic rings. The SMILES string of the molecule is COCC1OC(CO)C(OCC2OC(CO)C(COCC3OC(CO)C(COC)C(O)C3O)C(O)C2O)C(O)C1O. The molecular weight excluding hydrogens is 556 g/mol. The summed E-state index contributed by atoms with van der Waals surface area (Å²) in [6.45, 7) is -2.29. The van der Waals surface area contributed by atoms with Crippen LogP contribution in [0.5, 0.6) is 0 Å². The van der Waals surface area contributed by atoms with Gasteiger partial charge in [0.05, 0.1) is 77.3 Å². The summed E-state index contributed by atoms with van der Waals surface area (Å²) in [6.07, 6.45) is -15.4. The van der Waals surface area contributed by atoms with Crippen LogP contribution in [0.25, 0.3) is 0 Å². The Kier molecular flexibility index (Phi) is 14.0. The third-order valence-corrected chi connectivity index (χ3v) is 8.05. The van der Waals surface area contributed by atoms with Gasteiger partial charge in [-0.25, -0.2) is 0 Å². The molecule has 0 aromatic rings. The third-order valence-electron chi connectivity index (χ3n) is 8.05. The van der Waals surface area contributed by atoms with E-state index in [0.29, 0.717) is 0 Å². The minimum Gasteiger partial charge on any atom is -0.394 e. The Balaban J connectivity index is 1.55. The van der Waals surface area contributed by atoms with E-state index in [2.05, 4.69) is 0 Å². The van der Waals surface area contributed by atoms with Gasteiger partial charge in [0.25, 0.3) is 0 Å². The van der Waals surface area contributed by atoms with Crippen molar-refractivity contribution < 1.29 is 79.1 Å². The molecule has 3 fully saturated rings. The van der Waals surface area contributed by atoms with E-state index in [1.807, 2.05) is 0 Å². The van der Waals surface area contributed by atoms with Gasteiger partial charge in [0, 0.05) is 26.1 Å². The predicted molar refractivity (Wildman–Crippen MR) is 135 cm³/mol. The van der Waals surface area contributed by atoms with Crippen molar-refractivity contribution in [3.63, 3.8) is 0 Å². The molecule has 3 aliphatic heterocycles. The molecule has 0 spiro atoms. The van der Waals surface area contributed by atoms with Crippen LogP contribution in [0.3, 0.4) is 0 Å². The number of aliphatic hydroxyl groups is 9. The van der Waals surface area contributed by atoms with Gasteiger partial charge in [-0.1, -0.05) is 0 Å². The highest BCUT2D eigenvalue weighted by molar-refractivity contribution is 4.96. The molecule has 0 radical (unpaired) electrons. The Labute approximate surface area is 237 Å². The van der Waals surface area contributed by atoms with E-state index in [9.17, 15) is 46.0 Å². The average Bonchev–Trinajstić information content (AvgIpc) is 2.97. The molecule has 9 N–H and O–H groups in total. The van der Waals surface area contributed by atoms with E-state index in [4.69, 9.17) is 33.2 Å². The molecular formula is C25H46O16. The second kappa shape index (κ2) is 16.4. The van der Waals surface area contributed by atoms with Gasteiger partial charge in [-0.05, 0) is 0 Å². The van der Waals surface area contributed by atoms with Crippen LogP contribution >= 0.6 is 0 Å². The van der Waals surface area contributed by atoms with Gasteiger partial charge in [0.15, 0.2) is 0 Å². The van der Waals surface area contributed by atoms with Gasteiger partial charge < -0.3 is 79.1 Å². The van der Waals surface area contributed by atoms with E-state index < -0.39 is 111 Å². The first-order valence-corrected chi connectivity index (χ1v) is 13.7. The molecule has 15 atom stereocenters. The Bertz CT molecular complexity index is 742. The Hall–Kier alpha value is -0.640. The Morgan fingerprint density at radius 2 is 0.902 bits per heavy atom. The lowest BCUT2D eigenvalue weighted by molar-refractivity contribution is -0.271. The quantitative estimate of drug-likeness (QED) is 0.0899. The molecule has 0 amide bonds. The first-order chi connectivity index (χ1) is 19.6. The number of hydrogen-bond acceptors (Lipinski definition) is 16. The van der Waals surface area contributed by atoms with Crippen LogP contribution in [0.1, 0.15) is 0 Å². The van der Waals surface area contributed by atoms with Crippen molar-refractivity contribution in [2.45, 2.75) is 79.4 Å². The lowest BCUT2D eigenvalue weighted by Gasteiger charge is -2.45. The van der Waals surface area contributed by atoms with Crippen molar-refractivity contribution in [2.75, 3.05) is 67.1 Å². The fraction of sp³-hybridized carbons (Fsp3) is 1.00. The molecule has 16 nitrogen and oxygen atoms in total. The second-order valence-electron chi connectivity index (χ2n) is 10.7. The molecule has 242 valence electrons. The van der Waals surface area contributed by atoms with Crippen LogP contribution in [0.15, 0.2) is 0 Å². The number of ether oxygens (including phenoxy) is 7. The lowest BCUT2D eigenvalue weighted by atomic mass is 9.87. The largest absolute Gasteiger partial charge is 0.394 e. The summed E-state index contributed by atoms with van der Waals surface area (Å²) >= 11 is 0. The standard InChI is InChI=1S/C25H46O16/c1-35-6-11-13(3-26)39-17(21(31)19(11)29)9-37-7-12-14(4-27)40-18(22(32)20(12)30)10-38-25-15(5-28)41-16(8-36-2)23(33)24(25)34/h11-34H,3-10H2,1-2H3. The minimum atomic E-state index is -1.50. The van der Waals surface area contributed by atoms with Crippen molar-refractivity contribution in [2.24, 2.45) is 11.8 Å². The lowest BCUT2D eigenvalue weighted by Crippen LogP contribution is -2.62. The van der Waals surface area contributed by atoms with Gasteiger partial charge in [0.2, 0.25) is 0 Å². The topological polar surface area (TPSA) is 247 Å². The maximum atomic E-state index is 10.8. The first kappa shape index (κ1) is 34.8. The highest BCUT2D eigenvalue weighted by Gasteiger charge is 2.49. The summed E-state index contributed by atoms with van der Waals surface area (Å²) in [5.74, 6) is -1.56. The zero-order chi connectivity index (χ0) is 30.3. The predicted octanol–water partition coefficient (Wildman–Crippen LogP) is -5.64. The molecule has 0 bridgehead atoms. The van der Waals surface area contributed by atoms with Crippen molar-refractivity contribution in [1.82, 2.24) is 0 Å². The van der Waals surface area contributed by atoms with E-state index in [-0.39, 0.29) is 33.0 Å². The minimum absolute atomic E-state index is 0.0253. The molecule has 0 aromatic heterocycles. The van der Waals surface area contributed by atoms with Crippen LogP contribution in [0, 0.1) is 11.8 Å². The molecule has 3 rings (SSSR count). The summed E-state index contributed by atoms with van der Waals surface area (Å²) in [6, 6.07) is 0. The van der Waals surface area contributed by atoms with E-state index in [1.54, 1.807) is 0 Å². The van der Waals surface area contributed by atoms with Gasteiger partial charge in [0.1, 0.15) is 54.9 Å². The summed E-state index contributed by atoms with van der Waals surface area (Å²) in [5, 5.41) is 92.6. The number of aliphatic hydroxyl groups excluding tert-OH is 9. The van der Waals surface area contributed by atoms with Gasteiger partial charge in [-0.15, -0.1) is 0 Å². The fourth-order valence-corrected chi connectivity index (χ4v) is 5.63. The van der Waals surface area contributed by atoms with Crippen LogP contribution in [-0.4, -0.2) is 192 Å². The molecule has 15 unspecified atom stereocenters. The zero-order valence-electron chi connectivity index (χ0n) is 23.2. The molecule has 3 saturated heterocycles. The summed E-state index contributed by atoms with van der Waals surface area (Å²) in [4.78, 5) is 0. The Morgan fingerprint density at radius 3 is 1.41 bits per heavy atom. The second-order valence-corrected chi connectivity index (χ2v) is 10.7. The maximum absolute atomic E-state index is 10.8. The summed E-state index contributed by atoms with van der Waals surface area (Å²) < 4.78 is 38.3. The van der Waals surface area contributed by atoms with E-state index in [1.165, 1.54) is 14.2 Å². The molecule has 3 heterocycles. The highest BCUT2D eigenvalue weighted by atomic mass is 16.6. The van der Waals surface area contributed by atoms with Crippen LogP contribution in [-0.2, 0) is 33.2 Å².